The Bertz CT molecular complexity index is 398. The highest BCUT2D eigenvalue weighted by Gasteiger charge is 2.04. The number of nitrogens with zero attached hydrogens (tertiary/aromatic N) is 1. The van der Waals surface area contributed by atoms with E-state index in [0.717, 1.165) is 3.57 Å². The quantitative estimate of drug-likeness (QED) is 0.683. The summed E-state index contributed by atoms with van der Waals surface area (Å²) in [6.45, 7) is 0. The van der Waals surface area contributed by atoms with Gasteiger partial charge >= 0.3 is 0 Å². The fourth-order valence-electron chi connectivity index (χ4n) is 0.895. The first-order chi connectivity index (χ1) is 5.27. The number of rotatable bonds is 0. The summed E-state index contributed by atoms with van der Waals surface area (Å²) >= 11 is 2.01. The van der Waals surface area contributed by atoms with Crippen molar-refractivity contribution in [2.45, 2.75) is 0 Å². The minimum absolute atomic E-state index is 0.282. The third-order valence-electron chi connectivity index (χ3n) is 1.35. The number of aromatic nitrogens is 1. The molecule has 0 saturated heterocycles. The number of halogens is 2. The standard InChI is InChI=1S/C7H3FINO/c8-4-1-5(9)7-6(2-4)10-3-11-7/h1-3H. The zero-order chi connectivity index (χ0) is 7.84. The Balaban J connectivity index is 2.91. The van der Waals surface area contributed by atoms with Gasteiger partial charge in [-0.15, -0.1) is 0 Å². The second kappa shape index (κ2) is 2.44. The molecular weight excluding hydrogens is 260 g/mol. The molecule has 0 spiro atoms. The molecule has 2 nitrogen and oxygen atoms in total. The molecule has 0 aliphatic carbocycles. The van der Waals surface area contributed by atoms with Gasteiger partial charge in [-0.3, -0.25) is 0 Å². The van der Waals surface area contributed by atoms with E-state index in [1.807, 2.05) is 22.6 Å². The summed E-state index contributed by atoms with van der Waals surface area (Å²) in [6, 6.07) is 2.76. The van der Waals surface area contributed by atoms with Crippen LogP contribution < -0.4 is 0 Å². The van der Waals surface area contributed by atoms with Gasteiger partial charge in [-0.2, -0.15) is 0 Å². The lowest BCUT2D eigenvalue weighted by atomic mass is 10.3. The fraction of sp³-hybridized carbons (Fsp3) is 0. The van der Waals surface area contributed by atoms with Crippen LogP contribution in [0, 0.1) is 9.39 Å². The van der Waals surface area contributed by atoms with Crippen molar-refractivity contribution in [3.8, 4) is 0 Å². The van der Waals surface area contributed by atoms with Crippen molar-refractivity contribution >= 4 is 33.7 Å². The van der Waals surface area contributed by atoms with Crippen LogP contribution >= 0.6 is 22.6 Å². The van der Waals surface area contributed by atoms with Crippen molar-refractivity contribution in [2.75, 3.05) is 0 Å². The van der Waals surface area contributed by atoms with Crippen LogP contribution in [0.3, 0.4) is 0 Å². The number of benzene rings is 1. The molecule has 0 bridgehead atoms. The molecule has 2 rings (SSSR count). The smallest absolute Gasteiger partial charge is 0.182 e. The Morgan fingerprint density at radius 2 is 2.27 bits per heavy atom. The highest BCUT2D eigenvalue weighted by atomic mass is 127. The van der Waals surface area contributed by atoms with E-state index in [1.165, 1.54) is 18.5 Å². The van der Waals surface area contributed by atoms with Crippen LogP contribution in [0.4, 0.5) is 4.39 Å². The molecule has 1 aromatic heterocycles. The second-order valence-corrected chi connectivity index (χ2v) is 3.25. The van der Waals surface area contributed by atoms with E-state index in [-0.39, 0.29) is 5.82 Å². The first-order valence-corrected chi connectivity index (χ1v) is 4.03. The molecule has 0 amide bonds. The normalized spacial score (nSPS) is 10.7. The Labute approximate surface area is 75.6 Å². The van der Waals surface area contributed by atoms with Crippen LogP contribution in [-0.2, 0) is 0 Å². The summed E-state index contributed by atoms with van der Waals surface area (Å²) in [5.41, 5.74) is 1.21. The van der Waals surface area contributed by atoms with E-state index < -0.39 is 0 Å². The summed E-state index contributed by atoms with van der Waals surface area (Å²) < 4.78 is 18.5. The van der Waals surface area contributed by atoms with Crippen LogP contribution in [0.15, 0.2) is 22.9 Å². The van der Waals surface area contributed by atoms with Gasteiger partial charge in [0, 0.05) is 6.07 Å². The lowest BCUT2D eigenvalue weighted by Crippen LogP contribution is -1.77. The van der Waals surface area contributed by atoms with Gasteiger partial charge in [-0.05, 0) is 28.7 Å². The maximum Gasteiger partial charge on any atom is 0.182 e. The largest absolute Gasteiger partial charge is 0.442 e. The molecule has 0 aliphatic heterocycles. The maximum absolute atomic E-state index is 12.7. The lowest BCUT2D eigenvalue weighted by Gasteiger charge is -1.90. The molecule has 0 unspecified atom stereocenters. The van der Waals surface area contributed by atoms with Gasteiger partial charge in [-0.25, -0.2) is 9.37 Å². The van der Waals surface area contributed by atoms with E-state index in [0.29, 0.717) is 11.1 Å². The SMILES string of the molecule is Fc1cc(I)c2ocnc2c1. The second-order valence-electron chi connectivity index (χ2n) is 2.09. The molecule has 1 aromatic carbocycles. The number of oxazole rings is 1. The number of hydrogen-bond acceptors (Lipinski definition) is 2. The molecule has 4 heteroatoms. The van der Waals surface area contributed by atoms with Crippen molar-refractivity contribution in [3.63, 3.8) is 0 Å². The molecule has 56 valence electrons. The highest BCUT2D eigenvalue weighted by Crippen LogP contribution is 2.20. The highest BCUT2D eigenvalue weighted by molar-refractivity contribution is 14.1. The summed E-state index contributed by atoms with van der Waals surface area (Å²) in [6.07, 6.45) is 1.31. The predicted molar refractivity (Wildman–Crippen MR) is 46.7 cm³/mol. The summed E-state index contributed by atoms with van der Waals surface area (Å²) in [5, 5.41) is 0. The van der Waals surface area contributed by atoms with Crippen LogP contribution in [0.5, 0.6) is 0 Å². The lowest BCUT2D eigenvalue weighted by molar-refractivity contribution is 0.597. The molecule has 0 N–H and O–H groups in total. The third kappa shape index (κ3) is 1.11. The molecule has 0 atom stereocenters. The Morgan fingerprint density at radius 3 is 3.09 bits per heavy atom. The monoisotopic (exact) mass is 263 g/mol. The Morgan fingerprint density at radius 1 is 1.45 bits per heavy atom. The van der Waals surface area contributed by atoms with Crippen LogP contribution in [0.2, 0.25) is 0 Å². The zero-order valence-electron chi connectivity index (χ0n) is 5.34. The molecule has 11 heavy (non-hydrogen) atoms. The minimum atomic E-state index is -0.282. The van der Waals surface area contributed by atoms with Crippen molar-refractivity contribution < 1.29 is 8.81 Å². The Kier molecular flexibility index (Phi) is 1.56. The molecule has 0 radical (unpaired) electrons. The maximum atomic E-state index is 12.7. The molecule has 2 aromatic rings. The first-order valence-electron chi connectivity index (χ1n) is 2.95. The van der Waals surface area contributed by atoms with Crippen LogP contribution in [-0.4, -0.2) is 4.98 Å². The molecule has 0 aliphatic rings. The van der Waals surface area contributed by atoms with Crippen molar-refractivity contribution in [1.82, 2.24) is 4.98 Å². The molecule has 1 heterocycles. The molecule has 0 saturated carbocycles. The van der Waals surface area contributed by atoms with Crippen molar-refractivity contribution in [3.05, 3.63) is 27.9 Å². The molecule has 0 fully saturated rings. The minimum Gasteiger partial charge on any atom is -0.442 e. The number of fused-ring (bicyclic) bond motifs is 1. The van der Waals surface area contributed by atoms with E-state index in [4.69, 9.17) is 4.42 Å². The summed E-state index contributed by atoms with van der Waals surface area (Å²) in [4.78, 5) is 3.83. The third-order valence-corrected chi connectivity index (χ3v) is 2.15. The summed E-state index contributed by atoms with van der Waals surface area (Å²) in [5.74, 6) is -0.282. The van der Waals surface area contributed by atoms with Gasteiger partial charge in [-0.1, -0.05) is 0 Å². The van der Waals surface area contributed by atoms with Gasteiger partial charge in [0.2, 0.25) is 0 Å². The van der Waals surface area contributed by atoms with Crippen LogP contribution in [0.25, 0.3) is 11.1 Å². The Hall–Kier alpha value is -0.650. The van der Waals surface area contributed by atoms with E-state index in [2.05, 4.69) is 4.98 Å². The van der Waals surface area contributed by atoms with Gasteiger partial charge < -0.3 is 4.42 Å². The van der Waals surface area contributed by atoms with Crippen molar-refractivity contribution in [2.24, 2.45) is 0 Å². The van der Waals surface area contributed by atoms with Gasteiger partial charge in [0.25, 0.3) is 0 Å². The van der Waals surface area contributed by atoms with E-state index in [9.17, 15) is 4.39 Å². The van der Waals surface area contributed by atoms with Crippen LogP contribution in [0.1, 0.15) is 0 Å². The predicted octanol–water partition coefficient (Wildman–Crippen LogP) is 2.57. The topological polar surface area (TPSA) is 26.0 Å². The van der Waals surface area contributed by atoms with E-state index >= 15 is 0 Å². The van der Waals surface area contributed by atoms with Gasteiger partial charge in [0.15, 0.2) is 12.0 Å². The first kappa shape index (κ1) is 7.02. The van der Waals surface area contributed by atoms with Gasteiger partial charge in [0.1, 0.15) is 11.3 Å². The van der Waals surface area contributed by atoms with Gasteiger partial charge in [0.05, 0.1) is 3.57 Å². The average Bonchev–Trinajstić information content (AvgIpc) is 2.34. The zero-order valence-corrected chi connectivity index (χ0v) is 7.50. The van der Waals surface area contributed by atoms with E-state index in [1.54, 1.807) is 0 Å². The fourth-order valence-corrected chi connectivity index (χ4v) is 1.60. The summed E-state index contributed by atoms with van der Waals surface area (Å²) in [7, 11) is 0. The molecular formula is C7H3FINO. The van der Waals surface area contributed by atoms with Crippen molar-refractivity contribution in [1.29, 1.82) is 0 Å². The number of hydrogen-bond donors (Lipinski definition) is 0. The average molecular weight is 263 g/mol.